The predicted octanol–water partition coefficient (Wildman–Crippen LogP) is 3.27. The van der Waals surface area contributed by atoms with Gasteiger partial charge in [0, 0.05) is 11.1 Å². The third-order valence-electron chi connectivity index (χ3n) is 4.31. The molecule has 1 N–H and O–H groups in total. The maximum atomic E-state index is 11.9. The number of carbonyl (C=O) groups excluding carboxylic acids is 2. The van der Waals surface area contributed by atoms with E-state index in [-0.39, 0.29) is 25.2 Å². The van der Waals surface area contributed by atoms with Crippen molar-refractivity contribution in [3.8, 4) is 5.75 Å². The minimum Gasteiger partial charge on any atom is -0.482 e. The molecule has 1 aromatic carbocycles. The zero-order valence-electron chi connectivity index (χ0n) is 14.1. The average molecular weight is 354 g/mol. The lowest BCUT2D eigenvalue weighted by Gasteiger charge is -2.29. The molecule has 6 heteroatoms. The van der Waals surface area contributed by atoms with Gasteiger partial charge in [-0.1, -0.05) is 31.4 Å². The van der Waals surface area contributed by atoms with E-state index in [0.717, 1.165) is 24.8 Å². The van der Waals surface area contributed by atoms with Crippen LogP contribution in [-0.4, -0.2) is 31.1 Å². The van der Waals surface area contributed by atoms with Crippen LogP contribution >= 0.6 is 11.6 Å². The zero-order valence-corrected chi connectivity index (χ0v) is 14.9. The highest BCUT2D eigenvalue weighted by atomic mass is 35.5. The normalized spacial score (nSPS) is 20.3. The molecule has 24 heavy (non-hydrogen) atoms. The summed E-state index contributed by atoms with van der Waals surface area (Å²) in [4.78, 5) is 23.5. The lowest BCUT2D eigenvalue weighted by Crippen LogP contribution is -2.43. The van der Waals surface area contributed by atoms with Crippen LogP contribution in [0.5, 0.6) is 5.75 Å². The molecule has 0 bridgehead atoms. The molecule has 1 saturated carbocycles. The SMILES string of the molecule is Cc1cc(OCC(=O)OCC(=O)N[C@@H]2CCCC[C@H]2C)ccc1Cl. The molecule has 0 aromatic heterocycles. The molecule has 132 valence electrons. The van der Waals surface area contributed by atoms with E-state index in [1.165, 1.54) is 6.42 Å². The van der Waals surface area contributed by atoms with E-state index in [9.17, 15) is 9.59 Å². The van der Waals surface area contributed by atoms with Gasteiger partial charge in [0.15, 0.2) is 13.2 Å². The van der Waals surface area contributed by atoms with Crippen LogP contribution in [-0.2, 0) is 14.3 Å². The number of hydrogen-bond donors (Lipinski definition) is 1. The molecule has 0 unspecified atom stereocenters. The number of hydrogen-bond acceptors (Lipinski definition) is 4. The van der Waals surface area contributed by atoms with E-state index < -0.39 is 5.97 Å². The first-order valence-corrected chi connectivity index (χ1v) is 8.67. The van der Waals surface area contributed by atoms with Crippen LogP contribution in [0.25, 0.3) is 0 Å². The molecule has 1 aliphatic carbocycles. The second kappa shape index (κ2) is 8.92. The summed E-state index contributed by atoms with van der Waals surface area (Å²) in [7, 11) is 0. The molecule has 1 amide bonds. The summed E-state index contributed by atoms with van der Waals surface area (Å²) in [5.74, 6) is 0.170. The molecule has 5 nitrogen and oxygen atoms in total. The molecule has 1 aliphatic rings. The number of carbonyl (C=O) groups is 2. The molecule has 0 aliphatic heterocycles. The summed E-state index contributed by atoms with van der Waals surface area (Å²) in [5.41, 5.74) is 0.864. The molecule has 2 atom stereocenters. The van der Waals surface area contributed by atoms with Crippen LogP contribution < -0.4 is 10.1 Å². The Labute approximate surface area is 147 Å². The Bertz CT molecular complexity index is 590. The maximum absolute atomic E-state index is 11.9. The molecule has 0 spiro atoms. The Morgan fingerprint density at radius 2 is 2.00 bits per heavy atom. The van der Waals surface area contributed by atoms with Crippen molar-refractivity contribution < 1.29 is 19.1 Å². The van der Waals surface area contributed by atoms with Crippen molar-refractivity contribution in [1.29, 1.82) is 0 Å². The summed E-state index contributed by atoms with van der Waals surface area (Å²) in [6.45, 7) is 3.47. The molecule has 0 heterocycles. The maximum Gasteiger partial charge on any atom is 0.344 e. The smallest absolute Gasteiger partial charge is 0.344 e. The number of rotatable bonds is 6. The zero-order chi connectivity index (χ0) is 17.5. The Balaban J connectivity index is 1.68. The summed E-state index contributed by atoms with van der Waals surface area (Å²) >= 11 is 5.93. The van der Waals surface area contributed by atoms with Gasteiger partial charge in [-0.2, -0.15) is 0 Å². The van der Waals surface area contributed by atoms with E-state index in [1.54, 1.807) is 18.2 Å². The van der Waals surface area contributed by atoms with E-state index in [2.05, 4.69) is 12.2 Å². The van der Waals surface area contributed by atoms with Gasteiger partial charge in [0.1, 0.15) is 5.75 Å². The predicted molar refractivity (Wildman–Crippen MR) is 92.2 cm³/mol. The van der Waals surface area contributed by atoms with E-state index in [1.807, 2.05) is 6.92 Å². The van der Waals surface area contributed by atoms with Crippen LogP contribution in [0, 0.1) is 12.8 Å². The fraction of sp³-hybridized carbons (Fsp3) is 0.556. The van der Waals surface area contributed by atoms with E-state index in [4.69, 9.17) is 21.1 Å². The van der Waals surface area contributed by atoms with E-state index in [0.29, 0.717) is 16.7 Å². The molecule has 0 saturated heterocycles. The van der Waals surface area contributed by atoms with Crippen LogP contribution in [0.15, 0.2) is 18.2 Å². The number of amides is 1. The van der Waals surface area contributed by atoms with Gasteiger partial charge in [-0.15, -0.1) is 0 Å². The number of benzene rings is 1. The first-order chi connectivity index (χ1) is 11.5. The Kier molecular flexibility index (Phi) is 6.91. The van der Waals surface area contributed by atoms with Gasteiger partial charge in [0.05, 0.1) is 0 Å². The molecule has 2 rings (SSSR count). The van der Waals surface area contributed by atoms with Crippen LogP contribution in [0.3, 0.4) is 0 Å². The third-order valence-corrected chi connectivity index (χ3v) is 4.73. The first kappa shape index (κ1) is 18.6. The fourth-order valence-corrected chi connectivity index (χ4v) is 2.93. The molecule has 1 fully saturated rings. The number of ether oxygens (including phenoxy) is 2. The van der Waals surface area contributed by atoms with Crippen LogP contribution in [0.1, 0.15) is 38.2 Å². The monoisotopic (exact) mass is 353 g/mol. The largest absolute Gasteiger partial charge is 0.482 e. The lowest BCUT2D eigenvalue weighted by molar-refractivity contribution is -0.150. The van der Waals surface area contributed by atoms with Gasteiger partial charge >= 0.3 is 5.97 Å². The van der Waals surface area contributed by atoms with Gasteiger partial charge in [-0.25, -0.2) is 4.79 Å². The average Bonchev–Trinajstić information content (AvgIpc) is 2.56. The van der Waals surface area contributed by atoms with Crippen LogP contribution in [0.4, 0.5) is 0 Å². The molecule has 1 aromatic rings. The van der Waals surface area contributed by atoms with Gasteiger partial charge in [0.2, 0.25) is 0 Å². The number of nitrogens with one attached hydrogen (secondary N) is 1. The summed E-state index contributed by atoms with van der Waals surface area (Å²) in [5, 5.41) is 3.58. The molecule has 0 radical (unpaired) electrons. The van der Waals surface area contributed by atoms with Crippen molar-refractivity contribution in [1.82, 2.24) is 5.32 Å². The van der Waals surface area contributed by atoms with Crippen molar-refractivity contribution in [2.45, 2.75) is 45.6 Å². The van der Waals surface area contributed by atoms with Crippen LogP contribution in [0.2, 0.25) is 5.02 Å². The third kappa shape index (κ3) is 5.71. The number of aryl methyl sites for hydroxylation is 1. The van der Waals surface area contributed by atoms with Crippen molar-refractivity contribution >= 4 is 23.5 Å². The quantitative estimate of drug-likeness (QED) is 0.797. The molecular weight excluding hydrogens is 330 g/mol. The van der Waals surface area contributed by atoms with Crippen molar-refractivity contribution in [3.05, 3.63) is 28.8 Å². The fourth-order valence-electron chi connectivity index (χ4n) is 2.82. The van der Waals surface area contributed by atoms with Crippen molar-refractivity contribution in [3.63, 3.8) is 0 Å². The standard InChI is InChI=1S/C18H24ClNO4/c1-12-5-3-4-6-16(12)20-17(21)10-24-18(22)11-23-14-7-8-15(19)13(2)9-14/h7-9,12,16H,3-6,10-11H2,1-2H3,(H,20,21)/t12-,16-/m1/s1. The van der Waals surface area contributed by atoms with Crippen molar-refractivity contribution in [2.24, 2.45) is 5.92 Å². The Morgan fingerprint density at radius 1 is 1.25 bits per heavy atom. The van der Waals surface area contributed by atoms with Gasteiger partial charge < -0.3 is 14.8 Å². The van der Waals surface area contributed by atoms with Gasteiger partial charge in [0.25, 0.3) is 5.91 Å². The highest BCUT2D eigenvalue weighted by Gasteiger charge is 2.23. The van der Waals surface area contributed by atoms with Gasteiger partial charge in [-0.3, -0.25) is 4.79 Å². The second-order valence-electron chi connectivity index (χ2n) is 6.30. The summed E-state index contributed by atoms with van der Waals surface area (Å²) < 4.78 is 10.3. The highest BCUT2D eigenvalue weighted by molar-refractivity contribution is 6.31. The van der Waals surface area contributed by atoms with Crippen molar-refractivity contribution in [2.75, 3.05) is 13.2 Å². The lowest BCUT2D eigenvalue weighted by atomic mass is 9.86. The highest BCUT2D eigenvalue weighted by Crippen LogP contribution is 2.23. The molecular formula is C18H24ClNO4. The topological polar surface area (TPSA) is 64.6 Å². The minimum atomic E-state index is -0.575. The first-order valence-electron chi connectivity index (χ1n) is 8.29. The Morgan fingerprint density at radius 3 is 2.71 bits per heavy atom. The number of esters is 1. The van der Waals surface area contributed by atoms with Gasteiger partial charge in [-0.05, 0) is 49.4 Å². The Hall–Kier alpha value is -1.75. The number of halogens is 1. The van der Waals surface area contributed by atoms with E-state index >= 15 is 0 Å². The minimum absolute atomic E-state index is 0.179. The second-order valence-corrected chi connectivity index (χ2v) is 6.70. The summed E-state index contributed by atoms with van der Waals surface area (Å²) in [6.07, 6.45) is 4.45. The summed E-state index contributed by atoms with van der Waals surface area (Å²) in [6, 6.07) is 5.31.